The van der Waals surface area contributed by atoms with Gasteiger partial charge in [-0.05, 0) is 30.2 Å². The Morgan fingerprint density at radius 3 is 2.30 bits per heavy atom. The van der Waals surface area contributed by atoms with E-state index in [0.29, 0.717) is 6.54 Å². The summed E-state index contributed by atoms with van der Waals surface area (Å²) in [5.74, 6) is -0.116. The quantitative estimate of drug-likeness (QED) is 0.721. The van der Waals surface area contributed by atoms with Gasteiger partial charge in [0.1, 0.15) is 0 Å². The van der Waals surface area contributed by atoms with Crippen LogP contribution < -0.4 is 16.0 Å². The molecule has 0 bridgehead atoms. The lowest BCUT2D eigenvalue weighted by atomic mass is 10.0. The van der Waals surface area contributed by atoms with Crippen LogP contribution in [0.15, 0.2) is 35.4 Å². The van der Waals surface area contributed by atoms with Gasteiger partial charge in [0.2, 0.25) is 11.8 Å². The van der Waals surface area contributed by atoms with Gasteiger partial charge in [-0.15, -0.1) is 0 Å². The van der Waals surface area contributed by atoms with Gasteiger partial charge in [0.15, 0.2) is 0 Å². The van der Waals surface area contributed by atoms with E-state index >= 15 is 0 Å². The van der Waals surface area contributed by atoms with Crippen molar-refractivity contribution in [2.75, 3.05) is 18.4 Å². The number of carbonyl (C=O) groups is 2. The van der Waals surface area contributed by atoms with E-state index in [1.54, 1.807) is 0 Å². The molecule has 0 saturated carbocycles. The number of hydrogen-bond acceptors (Lipinski definition) is 3. The topological polar surface area (TPSA) is 70.2 Å². The van der Waals surface area contributed by atoms with Crippen molar-refractivity contribution in [1.29, 1.82) is 0 Å². The van der Waals surface area contributed by atoms with E-state index in [9.17, 15) is 9.59 Å². The molecule has 1 aliphatic rings. The molecule has 1 heterocycles. The summed E-state index contributed by atoms with van der Waals surface area (Å²) >= 11 is 0. The van der Waals surface area contributed by atoms with Crippen molar-refractivity contribution in [1.82, 2.24) is 10.6 Å². The summed E-state index contributed by atoms with van der Waals surface area (Å²) in [4.78, 5) is 22.8. The molecule has 1 aromatic rings. The van der Waals surface area contributed by atoms with Crippen LogP contribution in [0.1, 0.15) is 19.4 Å². The molecule has 1 fully saturated rings. The fraction of sp³-hybridized carbons (Fsp3) is 0.333. The molecule has 0 aliphatic carbocycles. The fourth-order valence-electron chi connectivity index (χ4n) is 1.90. The zero-order chi connectivity index (χ0) is 14.5. The Morgan fingerprint density at radius 2 is 1.80 bits per heavy atom. The standard InChI is InChI=1S/C15H19N3O2/c1-10(13-8-16-9-13)15(20)17-7-12-3-5-14(6-4-12)18-11(2)19/h3-6,16H,7-9H2,1-2H3,(H,17,20)(H,18,19). The third-order valence-electron chi connectivity index (χ3n) is 3.28. The van der Waals surface area contributed by atoms with Gasteiger partial charge in [-0.1, -0.05) is 12.1 Å². The molecule has 1 aliphatic heterocycles. The zero-order valence-corrected chi connectivity index (χ0v) is 11.7. The number of carbonyl (C=O) groups excluding carboxylic acids is 2. The lowest BCUT2D eigenvalue weighted by Crippen LogP contribution is -2.37. The number of anilines is 1. The first-order chi connectivity index (χ1) is 9.56. The van der Waals surface area contributed by atoms with Gasteiger partial charge < -0.3 is 16.0 Å². The Labute approximate surface area is 118 Å². The van der Waals surface area contributed by atoms with Crippen LogP contribution in [0, 0.1) is 0 Å². The smallest absolute Gasteiger partial charge is 0.247 e. The summed E-state index contributed by atoms with van der Waals surface area (Å²) < 4.78 is 0. The van der Waals surface area contributed by atoms with E-state index in [2.05, 4.69) is 16.0 Å². The van der Waals surface area contributed by atoms with E-state index in [1.807, 2.05) is 31.2 Å². The van der Waals surface area contributed by atoms with Crippen molar-refractivity contribution in [2.24, 2.45) is 0 Å². The van der Waals surface area contributed by atoms with Crippen LogP contribution in [0.4, 0.5) is 5.69 Å². The molecule has 20 heavy (non-hydrogen) atoms. The minimum absolute atomic E-state index is 0.0209. The van der Waals surface area contributed by atoms with Crippen molar-refractivity contribution in [3.63, 3.8) is 0 Å². The van der Waals surface area contributed by atoms with Gasteiger partial charge in [0.25, 0.3) is 0 Å². The molecule has 1 aromatic carbocycles. The summed E-state index contributed by atoms with van der Waals surface area (Å²) in [6, 6.07) is 7.42. The molecular weight excluding hydrogens is 254 g/mol. The number of nitrogens with one attached hydrogen (secondary N) is 3. The average molecular weight is 273 g/mol. The zero-order valence-electron chi connectivity index (χ0n) is 11.7. The lowest BCUT2D eigenvalue weighted by molar-refractivity contribution is -0.117. The first-order valence-corrected chi connectivity index (χ1v) is 6.60. The van der Waals surface area contributed by atoms with E-state index in [1.165, 1.54) is 12.5 Å². The summed E-state index contributed by atoms with van der Waals surface area (Å²) in [5, 5.41) is 8.72. The number of hydrogen-bond donors (Lipinski definition) is 3. The van der Waals surface area contributed by atoms with Crippen molar-refractivity contribution in [3.8, 4) is 0 Å². The van der Waals surface area contributed by atoms with E-state index in [-0.39, 0.29) is 11.8 Å². The van der Waals surface area contributed by atoms with Gasteiger partial charge in [-0.2, -0.15) is 0 Å². The lowest BCUT2D eigenvalue weighted by Gasteiger charge is -2.21. The maximum Gasteiger partial charge on any atom is 0.247 e. The SMILES string of the molecule is CC(=O)Nc1ccc(CNC(=O)C(C)=C2CNC2)cc1. The van der Waals surface area contributed by atoms with Gasteiger partial charge in [-0.25, -0.2) is 0 Å². The van der Waals surface area contributed by atoms with Crippen LogP contribution >= 0.6 is 0 Å². The van der Waals surface area contributed by atoms with Crippen molar-refractivity contribution in [2.45, 2.75) is 20.4 Å². The highest BCUT2D eigenvalue weighted by molar-refractivity contribution is 5.94. The van der Waals surface area contributed by atoms with Gasteiger partial charge in [0, 0.05) is 37.8 Å². The predicted molar refractivity (Wildman–Crippen MR) is 78.2 cm³/mol. The Balaban J connectivity index is 1.87. The van der Waals surface area contributed by atoms with Crippen LogP contribution in [-0.2, 0) is 16.1 Å². The average Bonchev–Trinajstić information content (AvgIpc) is 2.34. The molecule has 5 heteroatoms. The van der Waals surface area contributed by atoms with Crippen LogP contribution in [0.5, 0.6) is 0 Å². The fourth-order valence-corrected chi connectivity index (χ4v) is 1.90. The molecular formula is C15H19N3O2. The Morgan fingerprint density at radius 1 is 1.15 bits per heavy atom. The minimum Gasteiger partial charge on any atom is -0.348 e. The third kappa shape index (κ3) is 3.68. The largest absolute Gasteiger partial charge is 0.348 e. The van der Waals surface area contributed by atoms with Gasteiger partial charge in [-0.3, -0.25) is 9.59 Å². The van der Waals surface area contributed by atoms with E-state index < -0.39 is 0 Å². The Hall–Kier alpha value is -2.14. The van der Waals surface area contributed by atoms with Crippen molar-refractivity contribution >= 4 is 17.5 Å². The Bertz CT molecular complexity index is 541. The molecule has 3 N–H and O–H groups in total. The van der Waals surface area contributed by atoms with Crippen LogP contribution in [0.2, 0.25) is 0 Å². The minimum atomic E-state index is -0.0950. The van der Waals surface area contributed by atoms with Crippen molar-refractivity contribution in [3.05, 3.63) is 41.0 Å². The molecule has 2 rings (SSSR count). The highest BCUT2D eigenvalue weighted by Crippen LogP contribution is 2.11. The van der Waals surface area contributed by atoms with Crippen LogP contribution in [0.25, 0.3) is 0 Å². The summed E-state index contributed by atoms with van der Waals surface area (Å²) in [5.41, 5.74) is 3.73. The second kappa shape index (κ2) is 6.34. The van der Waals surface area contributed by atoms with Gasteiger partial charge in [0.05, 0.1) is 0 Å². The molecule has 5 nitrogen and oxygen atoms in total. The Kier molecular flexibility index (Phi) is 4.53. The number of amides is 2. The summed E-state index contributed by atoms with van der Waals surface area (Å²) in [7, 11) is 0. The maximum absolute atomic E-state index is 11.9. The van der Waals surface area contributed by atoms with Crippen molar-refractivity contribution < 1.29 is 9.59 Å². The molecule has 1 saturated heterocycles. The normalized spacial score (nSPS) is 13.4. The molecule has 106 valence electrons. The highest BCUT2D eigenvalue weighted by atomic mass is 16.2. The maximum atomic E-state index is 11.9. The molecule has 0 aromatic heterocycles. The first kappa shape index (κ1) is 14.3. The van der Waals surface area contributed by atoms with Crippen LogP contribution in [0.3, 0.4) is 0 Å². The third-order valence-corrected chi connectivity index (χ3v) is 3.28. The van der Waals surface area contributed by atoms with Crippen LogP contribution in [-0.4, -0.2) is 24.9 Å². The summed E-state index contributed by atoms with van der Waals surface area (Å²) in [6.07, 6.45) is 0. The molecule has 0 radical (unpaired) electrons. The second-order valence-electron chi connectivity index (χ2n) is 4.89. The highest BCUT2D eigenvalue weighted by Gasteiger charge is 2.15. The molecule has 0 unspecified atom stereocenters. The van der Waals surface area contributed by atoms with E-state index in [4.69, 9.17) is 0 Å². The summed E-state index contributed by atoms with van der Waals surface area (Å²) in [6.45, 7) is 5.43. The first-order valence-electron chi connectivity index (χ1n) is 6.60. The monoisotopic (exact) mass is 273 g/mol. The molecule has 0 atom stereocenters. The number of benzene rings is 1. The second-order valence-corrected chi connectivity index (χ2v) is 4.89. The van der Waals surface area contributed by atoms with E-state index in [0.717, 1.165) is 29.9 Å². The number of rotatable bonds is 4. The molecule has 0 spiro atoms. The van der Waals surface area contributed by atoms with Gasteiger partial charge >= 0.3 is 0 Å². The molecule has 2 amide bonds. The predicted octanol–water partition coefficient (Wildman–Crippen LogP) is 1.18.